The van der Waals surface area contributed by atoms with Crippen LogP contribution in [0, 0.1) is 0 Å². The van der Waals surface area contributed by atoms with Crippen LogP contribution in [0.4, 0.5) is 5.69 Å². The molecule has 1 saturated heterocycles. The summed E-state index contributed by atoms with van der Waals surface area (Å²) in [4.78, 5) is 23.1. The third kappa shape index (κ3) is 3.58. The van der Waals surface area contributed by atoms with Crippen LogP contribution in [0.2, 0.25) is 0 Å². The van der Waals surface area contributed by atoms with Crippen LogP contribution in [-0.2, 0) is 6.54 Å². The lowest BCUT2D eigenvalue weighted by molar-refractivity contribution is 0.0704. The summed E-state index contributed by atoms with van der Waals surface area (Å²) in [5.74, 6) is 1.56. The number of hydrogen-bond acceptors (Lipinski definition) is 4. The number of carbonyl (C=O) groups excluding carboxylic acids is 1. The smallest absolute Gasteiger partial charge is 0.272 e. The molecular formula is C18H25N5O. The molecule has 2 aromatic rings. The number of aromatic nitrogens is 3. The van der Waals surface area contributed by atoms with Gasteiger partial charge in [-0.3, -0.25) is 9.78 Å². The van der Waals surface area contributed by atoms with Crippen LogP contribution in [0.5, 0.6) is 0 Å². The number of rotatable bonds is 5. The van der Waals surface area contributed by atoms with Crippen LogP contribution in [-0.4, -0.2) is 38.4 Å². The van der Waals surface area contributed by atoms with E-state index in [1.165, 1.54) is 12.8 Å². The van der Waals surface area contributed by atoms with Gasteiger partial charge in [-0.05, 0) is 31.4 Å². The molecular weight excluding hydrogens is 302 g/mol. The fraction of sp³-hybridized carbons (Fsp3) is 0.500. The maximum atomic E-state index is 12.5. The van der Waals surface area contributed by atoms with Crippen LogP contribution in [0.3, 0.4) is 0 Å². The minimum atomic E-state index is -0.0323. The first-order chi connectivity index (χ1) is 11.7. The Morgan fingerprint density at radius 3 is 2.79 bits per heavy atom. The van der Waals surface area contributed by atoms with Crippen LogP contribution >= 0.6 is 0 Å². The third-order valence-electron chi connectivity index (χ3n) is 4.65. The maximum Gasteiger partial charge on any atom is 0.272 e. The van der Waals surface area contributed by atoms with Crippen molar-refractivity contribution in [3.63, 3.8) is 0 Å². The molecule has 24 heavy (non-hydrogen) atoms. The number of nitrogens with zero attached hydrogens (tertiary/aromatic N) is 4. The number of amides is 1. The van der Waals surface area contributed by atoms with Crippen molar-refractivity contribution in [1.82, 2.24) is 19.4 Å². The summed E-state index contributed by atoms with van der Waals surface area (Å²) in [7, 11) is 0. The lowest BCUT2D eigenvalue weighted by Crippen LogP contribution is -2.38. The standard InChI is InChI=1S/C18H25N5O/c1-2-3-9-22-12-8-21-17(22)14-5-10-23(11-6-14)18(24)16-13-15(19)4-7-20-16/h4,7-8,12-14H,2-3,5-6,9-11H2,1H3,(H2,19,20). The number of piperidine rings is 1. The summed E-state index contributed by atoms with van der Waals surface area (Å²) in [6, 6.07) is 3.34. The summed E-state index contributed by atoms with van der Waals surface area (Å²) in [6.07, 6.45) is 9.77. The average molecular weight is 327 g/mol. The zero-order valence-electron chi connectivity index (χ0n) is 14.2. The summed E-state index contributed by atoms with van der Waals surface area (Å²) in [5.41, 5.74) is 6.75. The molecule has 3 rings (SSSR count). The number of imidazole rings is 1. The van der Waals surface area contributed by atoms with Gasteiger partial charge in [-0.1, -0.05) is 13.3 Å². The van der Waals surface area contributed by atoms with Crippen molar-refractivity contribution in [2.24, 2.45) is 0 Å². The molecule has 3 heterocycles. The van der Waals surface area contributed by atoms with Gasteiger partial charge in [-0.25, -0.2) is 4.98 Å². The number of hydrogen-bond donors (Lipinski definition) is 1. The molecule has 2 N–H and O–H groups in total. The van der Waals surface area contributed by atoms with E-state index in [0.29, 0.717) is 17.3 Å². The minimum Gasteiger partial charge on any atom is -0.399 e. The molecule has 1 fully saturated rings. The predicted octanol–water partition coefficient (Wildman–Crippen LogP) is 2.68. The van der Waals surface area contributed by atoms with Crippen LogP contribution in [0.25, 0.3) is 0 Å². The lowest BCUT2D eigenvalue weighted by Gasteiger charge is -2.31. The minimum absolute atomic E-state index is 0.0323. The molecule has 0 bridgehead atoms. The van der Waals surface area contributed by atoms with Crippen molar-refractivity contribution in [3.05, 3.63) is 42.2 Å². The van der Waals surface area contributed by atoms with Crippen molar-refractivity contribution in [2.75, 3.05) is 18.8 Å². The van der Waals surface area contributed by atoms with Crippen molar-refractivity contribution in [2.45, 2.75) is 45.1 Å². The zero-order chi connectivity index (χ0) is 16.9. The van der Waals surface area contributed by atoms with Crippen LogP contribution < -0.4 is 5.73 Å². The van der Waals surface area contributed by atoms with Gasteiger partial charge in [-0.15, -0.1) is 0 Å². The van der Waals surface area contributed by atoms with Gasteiger partial charge in [0, 0.05) is 49.8 Å². The molecule has 2 aromatic heterocycles. The topological polar surface area (TPSA) is 77.0 Å². The molecule has 0 saturated carbocycles. The molecule has 0 atom stereocenters. The number of aryl methyl sites for hydroxylation is 1. The van der Waals surface area contributed by atoms with Gasteiger partial charge in [-0.2, -0.15) is 0 Å². The van der Waals surface area contributed by atoms with Crippen LogP contribution in [0.1, 0.15) is 54.8 Å². The largest absolute Gasteiger partial charge is 0.399 e. The van der Waals surface area contributed by atoms with E-state index < -0.39 is 0 Å². The van der Waals surface area contributed by atoms with Gasteiger partial charge in [0.25, 0.3) is 5.91 Å². The fourth-order valence-electron chi connectivity index (χ4n) is 3.26. The van der Waals surface area contributed by atoms with Crippen molar-refractivity contribution in [1.29, 1.82) is 0 Å². The molecule has 1 amide bonds. The number of pyridine rings is 1. The Hall–Kier alpha value is -2.37. The van der Waals surface area contributed by atoms with E-state index in [1.807, 2.05) is 11.1 Å². The lowest BCUT2D eigenvalue weighted by atomic mass is 9.95. The fourth-order valence-corrected chi connectivity index (χ4v) is 3.26. The first-order valence-corrected chi connectivity index (χ1v) is 8.71. The molecule has 0 aliphatic carbocycles. The number of nitrogens with two attached hydrogens (primary N) is 1. The third-order valence-corrected chi connectivity index (χ3v) is 4.65. The second-order valence-electron chi connectivity index (χ2n) is 6.37. The molecule has 0 radical (unpaired) electrons. The molecule has 6 heteroatoms. The molecule has 1 aliphatic heterocycles. The molecule has 0 spiro atoms. The highest BCUT2D eigenvalue weighted by Crippen LogP contribution is 2.27. The van der Waals surface area contributed by atoms with Crippen molar-refractivity contribution < 1.29 is 4.79 Å². The number of anilines is 1. The van der Waals surface area contributed by atoms with E-state index in [0.717, 1.165) is 38.3 Å². The number of likely N-dealkylation sites (tertiary alicyclic amines) is 1. The van der Waals surface area contributed by atoms with Gasteiger partial charge in [0.2, 0.25) is 0 Å². The van der Waals surface area contributed by atoms with Gasteiger partial charge >= 0.3 is 0 Å². The molecule has 6 nitrogen and oxygen atoms in total. The second-order valence-corrected chi connectivity index (χ2v) is 6.37. The van der Waals surface area contributed by atoms with E-state index >= 15 is 0 Å². The zero-order valence-corrected chi connectivity index (χ0v) is 14.2. The maximum absolute atomic E-state index is 12.5. The quantitative estimate of drug-likeness (QED) is 0.916. The summed E-state index contributed by atoms with van der Waals surface area (Å²) in [5, 5.41) is 0. The molecule has 0 aromatic carbocycles. The predicted molar refractivity (Wildman–Crippen MR) is 93.7 cm³/mol. The van der Waals surface area contributed by atoms with Crippen LogP contribution in [0.15, 0.2) is 30.7 Å². The van der Waals surface area contributed by atoms with Gasteiger partial charge in [0.05, 0.1) is 0 Å². The summed E-state index contributed by atoms with van der Waals surface area (Å²) >= 11 is 0. The normalized spacial score (nSPS) is 15.6. The highest BCUT2D eigenvalue weighted by Gasteiger charge is 2.27. The highest BCUT2D eigenvalue weighted by atomic mass is 16.2. The number of unbranched alkanes of at least 4 members (excludes halogenated alkanes) is 1. The van der Waals surface area contributed by atoms with Crippen molar-refractivity contribution in [3.8, 4) is 0 Å². The Kier molecular flexibility index (Phi) is 5.13. The van der Waals surface area contributed by atoms with Gasteiger partial charge < -0.3 is 15.2 Å². The summed E-state index contributed by atoms with van der Waals surface area (Å²) < 4.78 is 2.27. The Labute approximate surface area is 142 Å². The first-order valence-electron chi connectivity index (χ1n) is 8.71. The average Bonchev–Trinajstić information content (AvgIpc) is 3.08. The molecule has 1 aliphatic rings. The van der Waals surface area contributed by atoms with E-state index in [2.05, 4.69) is 27.7 Å². The van der Waals surface area contributed by atoms with E-state index in [-0.39, 0.29) is 5.91 Å². The van der Waals surface area contributed by atoms with Crippen molar-refractivity contribution >= 4 is 11.6 Å². The van der Waals surface area contributed by atoms with E-state index in [1.54, 1.807) is 18.3 Å². The van der Waals surface area contributed by atoms with Gasteiger partial charge in [0.15, 0.2) is 0 Å². The van der Waals surface area contributed by atoms with E-state index in [9.17, 15) is 4.79 Å². The first kappa shape index (κ1) is 16.5. The SMILES string of the molecule is CCCCn1ccnc1C1CCN(C(=O)c2cc(N)ccn2)CC1. The Balaban J connectivity index is 1.62. The Bertz CT molecular complexity index is 688. The molecule has 128 valence electrons. The number of carbonyl (C=O) groups is 1. The molecule has 0 unspecified atom stereocenters. The monoisotopic (exact) mass is 327 g/mol. The summed E-state index contributed by atoms with van der Waals surface area (Å²) in [6.45, 7) is 4.70. The van der Waals surface area contributed by atoms with E-state index in [4.69, 9.17) is 5.73 Å². The highest BCUT2D eigenvalue weighted by molar-refractivity contribution is 5.93. The Morgan fingerprint density at radius 1 is 1.29 bits per heavy atom. The van der Waals surface area contributed by atoms with Gasteiger partial charge in [0.1, 0.15) is 11.5 Å². The Morgan fingerprint density at radius 2 is 2.08 bits per heavy atom. The number of nitrogen functional groups attached to an aromatic ring is 1. The second kappa shape index (κ2) is 7.47.